The first-order valence-corrected chi connectivity index (χ1v) is 7.07. The van der Waals surface area contributed by atoms with Crippen molar-refractivity contribution in [2.45, 2.75) is 32.9 Å². The third-order valence-electron chi connectivity index (χ3n) is 2.97. The number of rotatable bonds is 5. The van der Waals surface area contributed by atoms with Crippen LogP contribution in [0.1, 0.15) is 31.9 Å². The number of aryl methyl sites for hydroxylation is 1. The van der Waals surface area contributed by atoms with Crippen molar-refractivity contribution in [2.75, 3.05) is 5.32 Å². The van der Waals surface area contributed by atoms with E-state index in [1.807, 2.05) is 16.9 Å². The van der Waals surface area contributed by atoms with Gasteiger partial charge in [-0.05, 0) is 31.0 Å². The summed E-state index contributed by atoms with van der Waals surface area (Å²) >= 11 is 3.46. The zero-order valence-corrected chi connectivity index (χ0v) is 12.3. The smallest absolute Gasteiger partial charge is 0.148 e. The molecule has 0 saturated heterocycles. The van der Waals surface area contributed by atoms with E-state index >= 15 is 0 Å². The highest BCUT2D eigenvalue weighted by Crippen LogP contribution is 2.23. The molecule has 4 heteroatoms. The number of hydrogen-bond acceptors (Lipinski definition) is 2. The first-order chi connectivity index (χ1) is 8.72. The van der Waals surface area contributed by atoms with Crippen molar-refractivity contribution in [3.63, 3.8) is 0 Å². The fraction of sp³-hybridized carbons (Fsp3) is 0.357. The van der Waals surface area contributed by atoms with Gasteiger partial charge >= 0.3 is 0 Å². The van der Waals surface area contributed by atoms with Crippen molar-refractivity contribution in [3.8, 4) is 0 Å². The highest BCUT2D eigenvalue weighted by atomic mass is 79.9. The maximum absolute atomic E-state index is 4.46. The lowest BCUT2D eigenvalue weighted by molar-refractivity contribution is 0.655. The molecule has 1 atom stereocenters. The summed E-state index contributed by atoms with van der Waals surface area (Å²) in [6, 6.07) is 10.8. The van der Waals surface area contributed by atoms with Crippen LogP contribution >= 0.6 is 15.9 Å². The second-order valence-electron chi connectivity index (χ2n) is 4.21. The molecule has 1 unspecified atom stereocenters. The number of benzene rings is 1. The summed E-state index contributed by atoms with van der Waals surface area (Å²) in [4.78, 5) is 0. The normalized spacial score (nSPS) is 12.4. The fourth-order valence-electron chi connectivity index (χ4n) is 1.91. The molecule has 0 fully saturated rings. The van der Waals surface area contributed by atoms with E-state index in [9.17, 15) is 0 Å². The van der Waals surface area contributed by atoms with Crippen molar-refractivity contribution in [2.24, 2.45) is 0 Å². The summed E-state index contributed by atoms with van der Waals surface area (Å²) in [5.74, 6) is 0.937. The average molecular weight is 308 g/mol. The largest absolute Gasteiger partial charge is 0.362 e. The molecule has 0 spiro atoms. The molecule has 1 N–H and O–H groups in total. The molecule has 96 valence electrons. The van der Waals surface area contributed by atoms with Crippen LogP contribution in [0.4, 0.5) is 5.82 Å². The van der Waals surface area contributed by atoms with E-state index in [2.05, 4.69) is 64.5 Å². The minimum absolute atomic E-state index is 0.304. The van der Waals surface area contributed by atoms with Crippen LogP contribution in [0.5, 0.6) is 0 Å². The molecule has 3 nitrogen and oxygen atoms in total. The van der Waals surface area contributed by atoms with Gasteiger partial charge in [-0.1, -0.05) is 35.0 Å². The number of nitrogens with one attached hydrogen (secondary N) is 1. The summed E-state index contributed by atoms with van der Waals surface area (Å²) in [5, 5.41) is 7.93. The second kappa shape index (κ2) is 6.05. The zero-order chi connectivity index (χ0) is 13.0. The van der Waals surface area contributed by atoms with E-state index in [1.165, 1.54) is 5.56 Å². The minimum atomic E-state index is 0.304. The van der Waals surface area contributed by atoms with Crippen LogP contribution in [0.2, 0.25) is 0 Å². The molecule has 0 amide bonds. The van der Waals surface area contributed by atoms with Crippen LogP contribution in [0.25, 0.3) is 0 Å². The van der Waals surface area contributed by atoms with Crippen LogP contribution in [0.3, 0.4) is 0 Å². The van der Waals surface area contributed by atoms with E-state index in [0.717, 1.165) is 23.3 Å². The van der Waals surface area contributed by atoms with Crippen molar-refractivity contribution in [1.29, 1.82) is 0 Å². The molecule has 1 aromatic heterocycles. The number of nitrogens with zero attached hydrogens (tertiary/aromatic N) is 2. The topological polar surface area (TPSA) is 29.9 Å². The SMILES string of the molecule is CCC(Nc1ccn(CC)n1)c1ccc(Br)cc1. The van der Waals surface area contributed by atoms with Crippen LogP contribution in [-0.4, -0.2) is 9.78 Å². The number of aromatic nitrogens is 2. The van der Waals surface area contributed by atoms with Crippen molar-refractivity contribution in [3.05, 3.63) is 46.6 Å². The fourth-order valence-corrected chi connectivity index (χ4v) is 2.17. The number of anilines is 1. The third kappa shape index (κ3) is 3.13. The van der Waals surface area contributed by atoms with Crippen molar-refractivity contribution < 1.29 is 0 Å². The van der Waals surface area contributed by atoms with Gasteiger partial charge in [0, 0.05) is 23.3 Å². The van der Waals surface area contributed by atoms with Gasteiger partial charge in [0.1, 0.15) is 5.82 Å². The Balaban J connectivity index is 2.11. The Labute approximate surface area is 116 Å². The van der Waals surface area contributed by atoms with Crippen LogP contribution < -0.4 is 5.32 Å². The van der Waals surface area contributed by atoms with Gasteiger partial charge in [-0.3, -0.25) is 4.68 Å². The van der Waals surface area contributed by atoms with Gasteiger partial charge in [0.05, 0.1) is 6.04 Å². The van der Waals surface area contributed by atoms with E-state index in [1.54, 1.807) is 0 Å². The van der Waals surface area contributed by atoms with Gasteiger partial charge in [0.2, 0.25) is 0 Å². The zero-order valence-electron chi connectivity index (χ0n) is 10.7. The second-order valence-corrected chi connectivity index (χ2v) is 5.13. The Bertz CT molecular complexity index is 490. The maximum Gasteiger partial charge on any atom is 0.148 e. The van der Waals surface area contributed by atoms with Crippen molar-refractivity contribution >= 4 is 21.7 Å². The molecule has 0 aliphatic carbocycles. The molecule has 0 saturated carbocycles. The Morgan fingerprint density at radius 3 is 2.50 bits per heavy atom. The van der Waals surface area contributed by atoms with E-state index in [4.69, 9.17) is 0 Å². The summed E-state index contributed by atoms with van der Waals surface area (Å²) in [7, 11) is 0. The lowest BCUT2D eigenvalue weighted by Crippen LogP contribution is -2.10. The quantitative estimate of drug-likeness (QED) is 0.896. The molecule has 1 heterocycles. The van der Waals surface area contributed by atoms with Gasteiger partial charge in [0.25, 0.3) is 0 Å². The standard InChI is InChI=1S/C14H18BrN3/c1-3-13(11-5-7-12(15)8-6-11)16-14-9-10-18(4-2)17-14/h5-10,13H,3-4H2,1-2H3,(H,16,17). The van der Waals surface area contributed by atoms with Crippen LogP contribution in [0, 0.1) is 0 Å². The first-order valence-electron chi connectivity index (χ1n) is 6.28. The first kappa shape index (κ1) is 13.1. The highest BCUT2D eigenvalue weighted by molar-refractivity contribution is 9.10. The van der Waals surface area contributed by atoms with Gasteiger partial charge in [-0.15, -0.1) is 0 Å². The number of halogens is 1. The van der Waals surface area contributed by atoms with E-state index in [0.29, 0.717) is 6.04 Å². The molecule has 2 aromatic rings. The molecule has 0 aliphatic rings. The van der Waals surface area contributed by atoms with Crippen molar-refractivity contribution in [1.82, 2.24) is 9.78 Å². The minimum Gasteiger partial charge on any atom is -0.362 e. The molecule has 0 radical (unpaired) electrons. The molecular formula is C14H18BrN3. The predicted molar refractivity (Wildman–Crippen MR) is 78.7 cm³/mol. The molecule has 0 aliphatic heterocycles. The van der Waals surface area contributed by atoms with Crippen LogP contribution in [-0.2, 0) is 6.54 Å². The van der Waals surface area contributed by atoms with Gasteiger partial charge in [-0.25, -0.2) is 0 Å². The Hall–Kier alpha value is -1.29. The summed E-state index contributed by atoms with van der Waals surface area (Å²) in [6.45, 7) is 5.16. The Kier molecular flexibility index (Phi) is 4.42. The predicted octanol–water partition coefficient (Wildman–Crippen LogP) is 4.23. The van der Waals surface area contributed by atoms with Gasteiger partial charge in [-0.2, -0.15) is 5.10 Å². The van der Waals surface area contributed by atoms with Crippen LogP contribution in [0.15, 0.2) is 41.0 Å². The third-order valence-corrected chi connectivity index (χ3v) is 3.50. The van der Waals surface area contributed by atoms with Gasteiger partial charge in [0.15, 0.2) is 0 Å². The lowest BCUT2D eigenvalue weighted by Gasteiger charge is -2.17. The lowest BCUT2D eigenvalue weighted by atomic mass is 10.0. The average Bonchev–Trinajstić information content (AvgIpc) is 2.85. The molecular weight excluding hydrogens is 290 g/mol. The molecule has 0 bridgehead atoms. The van der Waals surface area contributed by atoms with Gasteiger partial charge < -0.3 is 5.32 Å². The molecule has 18 heavy (non-hydrogen) atoms. The number of hydrogen-bond donors (Lipinski definition) is 1. The Morgan fingerprint density at radius 1 is 1.22 bits per heavy atom. The summed E-state index contributed by atoms with van der Waals surface area (Å²) < 4.78 is 3.03. The molecule has 1 aromatic carbocycles. The maximum atomic E-state index is 4.46. The molecule has 2 rings (SSSR count). The summed E-state index contributed by atoms with van der Waals surface area (Å²) in [6.07, 6.45) is 3.03. The summed E-state index contributed by atoms with van der Waals surface area (Å²) in [5.41, 5.74) is 1.28. The Morgan fingerprint density at radius 2 is 1.94 bits per heavy atom. The van der Waals surface area contributed by atoms with E-state index < -0.39 is 0 Å². The van der Waals surface area contributed by atoms with E-state index in [-0.39, 0.29) is 0 Å². The highest BCUT2D eigenvalue weighted by Gasteiger charge is 2.10. The monoisotopic (exact) mass is 307 g/mol.